The fourth-order valence-corrected chi connectivity index (χ4v) is 1.58. The summed E-state index contributed by atoms with van der Waals surface area (Å²) in [7, 11) is 1.47. The number of rotatable bonds is 7. The monoisotopic (exact) mass is 334 g/mol. The Morgan fingerprint density at radius 2 is 2.14 bits per heavy atom. The van der Waals surface area contributed by atoms with Crippen LogP contribution < -0.4 is 11.1 Å². The first-order chi connectivity index (χ1) is 9.82. The SMILES string of the molecule is CCOC(=O)C(C)(C)n1cc(NC(=O)C(N)COC)cn1.Cl. The highest BCUT2D eigenvalue weighted by atomic mass is 35.5. The predicted octanol–water partition coefficient (Wildman–Crippen LogP) is 0.515. The average molecular weight is 335 g/mol. The molecule has 9 heteroatoms. The zero-order chi connectivity index (χ0) is 16.0. The number of carbonyl (C=O) groups is 2. The summed E-state index contributed by atoms with van der Waals surface area (Å²) in [5.41, 5.74) is 5.10. The summed E-state index contributed by atoms with van der Waals surface area (Å²) in [6.07, 6.45) is 2.99. The Kier molecular flexibility index (Phi) is 8.07. The van der Waals surface area contributed by atoms with E-state index in [1.807, 2.05) is 0 Å². The molecule has 1 atom stereocenters. The second kappa shape index (κ2) is 8.72. The molecular formula is C13H23ClN4O4. The van der Waals surface area contributed by atoms with Crippen LogP contribution in [0.1, 0.15) is 20.8 Å². The second-order valence-corrected chi connectivity index (χ2v) is 5.00. The predicted molar refractivity (Wildman–Crippen MR) is 83.9 cm³/mol. The van der Waals surface area contributed by atoms with Gasteiger partial charge in [-0.15, -0.1) is 12.4 Å². The second-order valence-electron chi connectivity index (χ2n) is 5.00. The molecule has 0 aliphatic carbocycles. The number of anilines is 1. The quantitative estimate of drug-likeness (QED) is 0.703. The number of nitrogens with zero attached hydrogens (tertiary/aromatic N) is 2. The maximum absolute atomic E-state index is 11.9. The van der Waals surface area contributed by atoms with Gasteiger partial charge >= 0.3 is 5.97 Å². The van der Waals surface area contributed by atoms with E-state index in [-0.39, 0.29) is 24.9 Å². The molecule has 0 radical (unpaired) electrons. The molecule has 0 spiro atoms. The molecule has 22 heavy (non-hydrogen) atoms. The number of amides is 1. The number of aromatic nitrogens is 2. The average Bonchev–Trinajstić information content (AvgIpc) is 2.88. The van der Waals surface area contributed by atoms with E-state index in [4.69, 9.17) is 15.2 Å². The standard InChI is InChI=1S/C13H22N4O4.ClH/c1-5-21-12(19)13(2,3)17-7-9(6-15-17)16-11(18)10(14)8-20-4;/h6-7,10H,5,8,14H2,1-4H3,(H,16,18);1H. The van der Waals surface area contributed by atoms with Gasteiger partial charge < -0.3 is 20.5 Å². The van der Waals surface area contributed by atoms with Crippen LogP contribution in [0.2, 0.25) is 0 Å². The van der Waals surface area contributed by atoms with Crippen LogP contribution in [0, 0.1) is 0 Å². The number of nitrogens with two attached hydrogens (primary N) is 1. The van der Waals surface area contributed by atoms with E-state index in [0.717, 1.165) is 0 Å². The molecule has 0 bridgehead atoms. The molecule has 1 amide bonds. The molecule has 126 valence electrons. The fourth-order valence-electron chi connectivity index (χ4n) is 1.58. The minimum absolute atomic E-state index is 0. The van der Waals surface area contributed by atoms with Gasteiger partial charge in [0.25, 0.3) is 0 Å². The number of methoxy groups -OCH3 is 1. The Morgan fingerprint density at radius 3 is 2.68 bits per heavy atom. The van der Waals surface area contributed by atoms with Gasteiger partial charge in [0.1, 0.15) is 6.04 Å². The van der Waals surface area contributed by atoms with E-state index in [1.54, 1.807) is 27.0 Å². The third kappa shape index (κ3) is 4.97. The molecule has 0 saturated heterocycles. The third-order valence-corrected chi connectivity index (χ3v) is 2.88. The van der Waals surface area contributed by atoms with Gasteiger partial charge in [0.15, 0.2) is 5.54 Å². The summed E-state index contributed by atoms with van der Waals surface area (Å²) in [6.45, 7) is 5.51. The smallest absolute Gasteiger partial charge is 0.333 e. The van der Waals surface area contributed by atoms with Crippen LogP contribution in [0.25, 0.3) is 0 Å². The molecule has 1 unspecified atom stereocenters. The lowest BCUT2D eigenvalue weighted by molar-refractivity contribution is -0.152. The van der Waals surface area contributed by atoms with Crippen LogP contribution >= 0.6 is 12.4 Å². The fraction of sp³-hybridized carbons (Fsp3) is 0.615. The molecule has 8 nitrogen and oxygen atoms in total. The van der Waals surface area contributed by atoms with E-state index in [2.05, 4.69) is 10.4 Å². The lowest BCUT2D eigenvalue weighted by Crippen LogP contribution is -2.39. The maximum atomic E-state index is 11.9. The van der Waals surface area contributed by atoms with Crippen molar-refractivity contribution in [2.45, 2.75) is 32.4 Å². The highest BCUT2D eigenvalue weighted by molar-refractivity contribution is 5.94. The van der Waals surface area contributed by atoms with Crippen LogP contribution in [0.15, 0.2) is 12.4 Å². The number of hydrogen-bond donors (Lipinski definition) is 2. The Morgan fingerprint density at radius 1 is 1.50 bits per heavy atom. The first-order valence-electron chi connectivity index (χ1n) is 6.60. The van der Waals surface area contributed by atoms with E-state index in [1.165, 1.54) is 18.0 Å². The zero-order valence-corrected chi connectivity index (χ0v) is 14.0. The van der Waals surface area contributed by atoms with Gasteiger partial charge in [-0.25, -0.2) is 4.79 Å². The van der Waals surface area contributed by atoms with Gasteiger partial charge in [-0.2, -0.15) is 5.10 Å². The number of halogens is 1. The van der Waals surface area contributed by atoms with Gasteiger partial charge in [0, 0.05) is 13.3 Å². The molecule has 1 rings (SSSR count). The van der Waals surface area contributed by atoms with Crippen LogP contribution in [0.3, 0.4) is 0 Å². The molecule has 1 aromatic heterocycles. The van der Waals surface area contributed by atoms with Crippen molar-refractivity contribution >= 4 is 30.0 Å². The molecule has 0 aliphatic rings. The summed E-state index contributed by atoms with van der Waals surface area (Å²) < 4.78 is 11.2. The number of nitrogens with one attached hydrogen (secondary N) is 1. The molecule has 0 fully saturated rings. The van der Waals surface area contributed by atoms with Crippen molar-refractivity contribution in [2.24, 2.45) is 5.73 Å². The molecule has 1 aromatic rings. The first kappa shape index (κ1) is 20.4. The lowest BCUT2D eigenvalue weighted by atomic mass is 10.1. The van der Waals surface area contributed by atoms with Gasteiger partial charge in [0.2, 0.25) is 5.91 Å². The lowest BCUT2D eigenvalue weighted by Gasteiger charge is -2.22. The van der Waals surface area contributed by atoms with Crippen molar-refractivity contribution in [1.82, 2.24) is 9.78 Å². The van der Waals surface area contributed by atoms with Crippen molar-refractivity contribution in [3.63, 3.8) is 0 Å². The zero-order valence-electron chi connectivity index (χ0n) is 13.2. The Balaban J connectivity index is 0.00000441. The van der Waals surface area contributed by atoms with Crippen molar-refractivity contribution in [3.05, 3.63) is 12.4 Å². The summed E-state index contributed by atoms with van der Waals surface area (Å²) in [5.74, 6) is -0.785. The Labute approximate surface area is 135 Å². The number of esters is 1. The maximum Gasteiger partial charge on any atom is 0.333 e. The van der Waals surface area contributed by atoms with Crippen molar-refractivity contribution in [2.75, 3.05) is 25.6 Å². The summed E-state index contributed by atoms with van der Waals surface area (Å²) in [6, 6.07) is -0.767. The van der Waals surface area contributed by atoms with Gasteiger partial charge in [-0.1, -0.05) is 0 Å². The molecular weight excluding hydrogens is 312 g/mol. The van der Waals surface area contributed by atoms with Gasteiger partial charge in [-0.05, 0) is 20.8 Å². The van der Waals surface area contributed by atoms with Crippen LogP contribution in [-0.2, 0) is 24.6 Å². The number of hydrogen-bond acceptors (Lipinski definition) is 6. The van der Waals surface area contributed by atoms with Gasteiger partial charge in [-0.3, -0.25) is 9.48 Å². The molecule has 1 heterocycles. The van der Waals surface area contributed by atoms with Crippen LogP contribution in [-0.4, -0.2) is 48.0 Å². The summed E-state index contributed by atoms with van der Waals surface area (Å²) in [5, 5.41) is 6.69. The van der Waals surface area contributed by atoms with E-state index in [9.17, 15) is 9.59 Å². The van der Waals surface area contributed by atoms with E-state index < -0.39 is 17.6 Å². The van der Waals surface area contributed by atoms with Crippen molar-refractivity contribution in [1.29, 1.82) is 0 Å². The van der Waals surface area contributed by atoms with Crippen LogP contribution in [0.4, 0.5) is 5.69 Å². The molecule has 0 aliphatic heterocycles. The van der Waals surface area contributed by atoms with Gasteiger partial charge in [0.05, 0.1) is 25.1 Å². The normalized spacial score (nSPS) is 12.2. The van der Waals surface area contributed by atoms with E-state index >= 15 is 0 Å². The highest BCUT2D eigenvalue weighted by Crippen LogP contribution is 2.19. The minimum Gasteiger partial charge on any atom is -0.464 e. The van der Waals surface area contributed by atoms with Crippen LogP contribution in [0.5, 0.6) is 0 Å². The minimum atomic E-state index is -0.965. The molecule has 0 saturated carbocycles. The topological polar surface area (TPSA) is 108 Å². The molecule has 0 aromatic carbocycles. The van der Waals surface area contributed by atoms with E-state index in [0.29, 0.717) is 12.3 Å². The number of carbonyl (C=O) groups excluding carboxylic acids is 2. The largest absolute Gasteiger partial charge is 0.464 e. The third-order valence-electron chi connectivity index (χ3n) is 2.88. The number of ether oxygens (including phenoxy) is 2. The Hall–Kier alpha value is -1.64. The first-order valence-corrected chi connectivity index (χ1v) is 6.60. The highest BCUT2D eigenvalue weighted by Gasteiger charge is 2.32. The summed E-state index contributed by atoms with van der Waals surface area (Å²) >= 11 is 0. The van der Waals surface area contributed by atoms with Crippen molar-refractivity contribution in [3.8, 4) is 0 Å². The van der Waals surface area contributed by atoms with Crippen molar-refractivity contribution < 1.29 is 19.1 Å². The summed E-state index contributed by atoms with van der Waals surface area (Å²) in [4.78, 5) is 23.6. The molecule has 3 N–H and O–H groups in total. The Bertz CT molecular complexity index is 504.